The van der Waals surface area contributed by atoms with Crippen molar-refractivity contribution in [2.45, 2.75) is 50.8 Å². The molecule has 0 atom stereocenters. The molecule has 2 rings (SSSR count). The van der Waals surface area contributed by atoms with Crippen LogP contribution in [0.15, 0.2) is 18.2 Å². The second kappa shape index (κ2) is 8.14. The fourth-order valence-electron chi connectivity index (χ4n) is 2.83. The van der Waals surface area contributed by atoms with Gasteiger partial charge in [-0.15, -0.1) is 0 Å². The lowest BCUT2D eigenvalue weighted by Crippen LogP contribution is -2.42. The zero-order valence-electron chi connectivity index (χ0n) is 14.7. The third-order valence-electron chi connectivity index (χ3n) is 4.47. The number of hydrogen-bond acceptors (Lipinski definition) is 4. The quantitative estimate of drug-likeness (QED) is 0.804. The topological polar surface area (TPSA) is 84.5 Å². The predicted octanol–water partition coefficient (Wildman–Crippen LogP) is 2.66. The molecule has 0 radical (unpaired) electrons. The summed E-state index contributed by atoms with van der Waals surface area (Å²) in [7, 11) is -1.92. The molecule has 1 aliphatic carbocycles. The first kappa shape index (κ1) is 19.7. The lowest BCUT2D eigenvalue weighted by Gasteiger charge is -2.28. The molecule has 0 bridgehead atoms. The van der Waals surface area contributed by atoms with Crippen LogP contribution in [0.5, 0.6) is 5.75 Å². The van der Waals surface area contributed by atoms with Gasteiger partial charge in [-0.1, -0.05) is 0 Å². The molecule has 1 fully saturated rings. The van der Waals surface area contributed by atoms with Gasteiger partial charge in [0.15, 0.2) is 11.6 Å². The molecule has 1 aromatic rings. The first-order chi connectivity index (χ1) is 11.7. The van der Waals surface area contributed by atoms with E-state index >= 15 is 0 Å². The average Bonchev–Trinajstić information content (AvgIpc) is 2.55. The highest BCUT2D eigenvalue weighted by atomic mass is 32.2. The molecule has 0 saturated heterocycles. The van der Waals surface area contributed by atoms with Crippen LogP contribution in [-0.2, 0) is 14.8 Å². The number of methoxy groups -OCH3 is 1. The molecule has 25 heavy (non-hydrogen) atoms. The van der Waals surface area contributed by atoms with Crippen LogP contribution in [0, 0.1) is 11.7 Å². The Morgan fingerprint density at radius 1 is 1.24 bits per heavy atom. The summed E-state index contributed by atoms with van der Waals surface area (Å²) in [5.41, 5.74) is 0.380. The van der Waals surface area contributed by atoms with E-state index in [0.717, 1.165) is 0 Å². The minimum Gasteiger partial charge on any atom is -0.494 e. The third kappa shape index (κ3) is 5.15. The first-order valence-corrected chi connectivity index (χ1v) is 9.93. The molecule has 0 aliphatic heterocycles. The summed E-state index contributed by atoms with van der Waals surface area (Å²) in [6.07, 6.45) is 2.41. The summed E-state index contributed by atoms with van der Waals surface area (Å²) in [5.74, 6) is -0.789. The number of ether oxygens (including phenoxy) is 1. The maximum absolute atomic E-state index is 13.7. The lowest BCUT2D eigenvalue weighted by atomic mass is 9.86. The van der Waals surface area contributed by atoms with Crippen molar-refractivity contribution in [3.63, 3.8) is 0 Å². The number of carbonyl (C=O) groups is 1. The summed E-state index contributed by atoms with van der Waals surface area (Å²) in [6.45, 7) is 3.27. The summed E-state index contributed by atoms with van der Waals surface area (Å²) < 4.78 is 45.0. The molecular formula is C17H25FN2O4S. The molecule has 1 aromatic carbocycles. The van der Waals surface area contributed by atoms with E-state index in [1.807, 2.05) is 0 Å². The van der Waals surface area contributed by atoms with Gasteiger partial charge in [-0.05, 0) is 51.7 Å². The highest BCUT2D eigenvalue weighted by molar-refractivity contribution is 7.90. The van der Waals surface area contributed by atoms with Crippen molar-refractivity contribution < 1.29 is 22.3 Å². The Balaban J connectivity index is 1.88. The van der Waals surface area contributed by atoms with Crippen molar-refractivity contribution in [1.29, 1.82) is 0 Å². The molecule has 1 aliphatic rings. The van der Waals surface area contributed by atoms with Crippen LogP contribution in [0.25, 0.3) is 0 Å². The third-order valence-corrected chi connectivity index (χ3v) is 6.37. The van der Waals surface area contributed by atoms with E-state index in [1.165, 1.54) is 19.2 Å². The van der Waals surface area contributed by atoms with Crippen LogP contribution in [0.2, 0.25) is 0 Å². The SMILES string of the molecule is COc1ccc(NC(=O)C2CCC(NS(=O)(=O)C(C)C)CC2)cc1F. The van der Waals surface area contributed by atoms with Gasteiger partial charge in [0.2, 0.25) is 15.9 Å². The number of amides is 1. The fraction of sp³-hybridized carbons (Fsp3) is 0.588. The predicted molar refractivity (Wildman–Crippen MR) is 94.5 cm³/mol. The Morgan fingerprint density at radius 2 is 1.88 bits per heavy atom. The molecular weight excluding hydrogens is 347 g/mol. The Kier molecular flexibility index (Phi) is 6.40. The summed E-state index contributed by atoms with van der Waals surface area (Å²) in [4.78, 5) is 12.3. The van der Waals surface area contributed by atoms with Crippen molar-refractivity contribution in [1.82, 2.24) is 4.72 Å². The van der Waals surface area contributed by atoms with Crippen LogP contribution in [-0.4, -0.2) is 32.7 Å². The number of anilines is 1. The number of sulfonamides is 1. The van der Waals surface area contributed by atoms with Gasteiger partial charge in [-0.3, -0.25) is 4.79 Å². The Hall–Kier alpha value is -1.67. The van der Waals surface area contributed by atoms with Crippen LogP contribution in [0.4, 0.5) is 10.1 Å². The summed E-state index contributed by atoms with van der Waals surface area (Å²) in [6, 6.07) is 4.14. The maximum atomic E-state index is 13.7. The largest absolute Gasteiger partial charge is 0.494 e. The van der Waals surface area contributed by atoms with E-state index < -0.39 is 21.1 Å². The molecule has 6 nitrogen and oxygen atoms in total. The van der Waals surface area contributed by atoms with Gasteiger partial charge in [0, 0.05) is 23.7 Å². The van der Waals surface area contributed by atoms with Gasteiger partial charge in [0.25, 0.3) is 0 Å². The molecule has 1 amide bonds. The minimum atomic E-state index is -3.30. The number of halogens is 1. The van der Waals surface area contributed by atoms with Gasteiger partial charge < -0.3 is 10.1 Å². The first-order valence-electron chi connectivity index (χ1n) is 8.38. The molecule has 2 N–H and O–H groups in total. The lowest BCUT2D eigenvalue weighted by molar-refractivity contribution is -0.120. The minimum absolute atomic E-state index is 0.121. The average molecular weight is 372 g/mol. The monoisotopic (exact) mass is 372 g/mol. The number of hydrogen-bond donors (Lipinski definition) is 2. The standard InChI is InChI=1S/C17H25FN2O4S/c1-11(2)25(22,23)20-13-6-4-12(5-7-13)17(21)19-14-8-9-16(24-3)15(18)10-14/h8-13,20H,4-7H2,1-3H3,(H,19,21). The Labute approximate surface area is 148 Å². The van der Waals surface area contributed by atoms with Crippen molar-refractivity contribution >= 4 is 21.6 Å². The van der Waals surface area contributed by atoms with E-state index in [-0.39, 0.29) is 23.6 Å². The van der Waals surface area contributed by atoms with E-state index in [1.54, 1.807) is 19.9 Å². The van der Waals surface area contributed by atoms with E-state index in [2.05, 4.69) is 10.0 Å². The molecule has 1 saturated carbocycles. The highest BCUT2D eigenvalue weighted by Crippen LogP contribution is 2.27. The Bertz CT molecular complexity index is 713. The maximum Gasteiger partial charge on any atom is 0.227 e. The van der Waals surface area contributed by atoms with Crippen molar-refractivity contribution in [3.05, 3.63) is 24.0 Å². The van der Waals surface area contributed by atoms with Crippen LogP contribution < -0.4 is 14.8 Å². The van der Waals surface area contributed by atoms with Crippen LogP contribution >= 0.6 is 0 Å². The van der Waals surface area contributed by atoms with Gasteiger partial charge >= 0.3 is 0 Å². The van der Waals surface area contributed by atoms with Crippen molar-refractivity contribution in [3.8, 4) is 5.75 Å². The summed E-state index contributed by atoms with van der Waals surface area (Å²) >= 11 is 0. The number of benzene rings is 1. The van der Waals surface area contributed by atoms with Crippen molar-refractivity contribution in [2.75, 3.05) is 12.4 Å². The molecule has 0 spiro atoms. The van der Waals surface area contributed by atoms with Crippen molar-refractivity contribution in [2.24, 2.45) is 5.92 Å². The highest BCUT2D eigenvalue weighted by Gasteiger charge is 2.29. The van der Waals surface area contributed by atoms with Gasteiger partial charge in [0.05, 0.1) is 12.4 Å². The normalized spacial score (nSPS) is 21.2. The number of nitrogens with one attached hydrogen (secondary N) is 2. The smallest absolute Gasteiger partial charge is 0.227 e. The number of carbonyl (C=O) groups excluding carboxylic acids is 1. The van der Waals surface area contributed by atoms with Gasteiger partial charge in [0.1, 0.15) is 0 Å². The molecule has 0 unspecified atom stereocenters. The molecule has 140 valence electrons. The molecule has 8 heteroatoms. The zero-order valence-corrected chi connectivity index (χ0v) is 15.5. The zero-order chi connectivity index (χ0) is 18.6. The number of rotatable bonds is 6. The van der Waals surface area contributed by atoms with E-state index in [9.17, 15) is 17.6 Å². The van der Waals surface area contributed by atoms with Crippen LogP contribution in [0.1, 0.15) is 39.5 Å². The second-order valence-electron chi connectivity index (χ2n) is 6.60. The molecule has 0 heterocycles. The Morgan fingerprint density at radius 3 is 2.40 bits per heavy atom. The van der Waals surface area contributed by atoms with Gasteiger partial charge in [-0.25, -0.2) is 17.5 Å². The van der Waals surface area contributed by atoms with E-state index in [0.29, 0.717) is 31.4 Å². The summed E-state index contributed by atoms with van der Waals surface area (Å²) in [5, 5.41) is 2.24. The van der Waals surface area contributed by atoms with E-state index in [4.69, 9.17) is 4.74 Å². The molecule has 0 aromatic heterocycles. The fourth-order valence-corrected chi connectivity index (χ4v) is 3.80. The van der Waals surface area contributed by atoms with Gasteiger partial charge in [-0.2, -0.15) is 0 Å². The van der Waals surface area contributed by atoms with Crippen LogP contribution in [0.3, 0.4) is 0 Å². The second-order valence-corrected chi connectivity index (χ2v) is 8.87.